The number of rotatable bonds is 4. The van der Waals surface area contributed by atoms with Gasteiger partial charge in [-0.25, -0.2) is 0 Å². The fourth-order valence-corrected chi connectivity index (χ4v) is 0.816. The summed E-state index contributed by atoms with van der Waals surface area (Å²) in [4.78, 5) is 0. The van der Waals surface area contributed by atoms with E-state index in [2.05, 4.69) is 19.0 Å². The number of oxime groups is 1. The maximum absolute atomic E-state index is 8.29. The molecular formula is C8H17NO. The Balaban J connectivity index is 3.20. The zero-order valence-corrected chi connectivity index (χ0v) is 7.09. The summed E-state index contributed by atoms with van der Waals surface area (Å²) in [6, 6.07) is 0. The van der Waals surface area contributed by atoms with Crippen LogP contribution in [-0.2, 0) is 0 Å². The number of nitrogens with zero attached hydrogens (tertiary/aromatic N) is 1. The summed E-state index contributed by atoms with van der Waals surface area (Å²) in [5.74, 6) is 0.756. The van der Waals surface area contributed by atoms with Gasteiger partial charge in [0.1, 0.15) is 0 Å². The van der Waals surface area contributed by atoms with E-state index in [1.807, 2.05) is 6.92 Å². The Hall–Kier alpha value is -0.530. The second-order valence-corrected chi connectivity index (χ2v) is 3.12. The van der Waals surface area contributed by atoms with E-state index in [4.69, 9.17) is 5.21 Å². The van der Waals surface area contributed by atoms with Crippen molar-refractivity contribution in [3.8, 4) is 0 Å². The van der Waals surface area contributed by atoms with Crippen molar-refractivity contribution >= 4 is 5.71 Å². The second-order valence-electron chi connectivity index (χ2n) is 3.12. The first-order chi connectivity index (χ1) is 4.66. The van der Waals surface area contributed by atoms with Gasteiger partial charge in [0.25, 0.3) is 0 Å². The molecule has 2 heteroatoms. The minimum Gasteiger partial charge on any atom is -0.411 e. The van der Waals surface area contributed by atoms with Gasteiger partial charge in [-0.2, -0.15) is 0 Å². The minimum atomic E-state index is 0.756. The van der Waals surface area contributed by atoms with E-state index in [0.29, 0.717) is 0 Å². The molecule has 0 aromatic heterocycles. The van der Waals surface area contributed by atoms with Gasteiger partial charge in [-0.3, -0.25) is 0 Å². The molecule has 0 rings (SSSR count). The molecule has 0 spiro atoms. The lowest BCUT2D eigenvalue weighted by Crippen LogP contribution is -1.93. The summed E-state index contributed by atoms with van der Waals surface area (Å²) in [6.07, 6.45) is 3.27. The molecule has 0 aliphatic carbocycles. The van der Waals surface area contributed by atoms with Crippen LogP contribution < -0.4 is 0 Å². The second kappa shape index (κ2) is 5.27. The molecule has 2 nitrogen and oxygen atoms in total. The van der Waals surface area contributed by atoms with E-state index in [-0.39, 0.29) is 0 Å². The predicted molar refractivity (Wildman–Crippen MR) is 43.6 cm³/mol. The lowest BCUT2D eigenvalue weighted by Gasteiger charge is -2.01. The molecule has 0 saturated carbocycles. The van der Waals surface area contributed by atoms with Gasteiger partial charge < -0.3 is 5.21 Å². The average molecular weight is 143 g/mol. The van der Waals surface area contributed by atoms with Crippen molar-refractivity contribution in [1.82, 2.24) is 0 Å². The van der Waals surface area contributed by atoms with E-state index >= 15 is 0 Å². The Bertz CT molecular complexity index is 108. The maximum Gasteiger partial charge on any atom is 0.0540 e. The molecular weight excluding hydrogens is 126 g/mol. The third-order valence-corrected chi connectivity index (χ3v) is 1.49. The summed E-state index contributed by atoms with van der Waals surface area (Å²) in [5, 5.41) is 11.4. The summed E-state index contributed by atoms with van der Waals surface area (Å²) in [5.41, 5.74) is 0.834. The van der Waals surface area contributed by atoms with E-state index in [1.165, 1.54) is 6.42 Å². The molecule has 0 aliphatic rings. The van der Waals surface area contributed by atoms with Gasteiger partial charge in [-0.15, -0.1) is 0 Å². The van der Waals surface area contributed by atoms with E-state index in [1.54, 1.807) is 0 Å². The molecule has 0 atom stereocenters. The van der Waals surface area contributed by atoms with Crippen molar-refractivity contribution in [1.29, 1.82) is 0 Å². The zero-order chi connectivity index (χ0) is 7.98. The smallest absolute Gasteiger partial charge is 0.0540 e. The van der Waals surface area contributed by atoms with Crippen LogP contribution in [0.25, 0.3) is 0 Å². The zero-order valence-electron chi connectivity index (χ0n) is 7.09. The van der Waals surface area contributed by atoms with Gasteiger partial charge in [0.15, 0.2) is 0 Å². The first kappa shape index (κ1) is 9.47. The summed E-state index contributed by atoms with van der Waals surface area (Å²) in [7, 11) is 0. The first-order valence-electron chi connectivity index (χ1n) is 3.84. The highest BCUT2D eigenvalue weighted by Crippen LogP contribution is 2.06. The van der Waals surface area contributed by atoms with Crippen molar-refractivity contribution in [2.24, 2.45) is 11.1 Å². The van der Waals surface area contributed by atoms with Crippen LogP contribution in [0, 0.1) is 5.92 Å². The van der Waals surface area contributed by atoms with Crippen LogP contribution in [0.5, 0.6) is 0 Å². The van der Waals surface area contributed by atoms with Gasteiger partial charge in [-0.1, -0.05) is 25.4 Å². The lowest BCUT2D eigenvalue weighted by atomic mass is 10.1. The molecule has 60 valence electrons. The van der Waals surface area contributed by atoms with Crippen molar-refractivity contribution in [2.45, 2.75) is 40.0 Å². The van der Waals surface area contributed by atoms with Crippen LogP contribution in [0.15, 0.2) is 5.16 Å². The summed E-state index contributed by atoms with van der Waals surface area (Å²) >= 11 is 0. The van der Waals surface area contributed by atoms with Gasteiger partial charge in [0, 0.05) is 0 Å². The van der Waals surface area contributed by atoms with Crippen LogP contribution in [-0.4, -0.2) is 10.9 Å². The highest BCUT2D eigenvalue weighted by molar-refractivity contribution is 5.81. The van der Waals surface area contributed by atoms with Crippen molar-refractivity contribution in [3.05, 3.63) is 0 Å². The Kier molecular flexibility index (Phi) is 4.99. The summed E-state index contributed by atoms with van der Waals surface area (Å²) < 4.78 is 0. The Morgan fingerprint density at radius 3 is 2.50 bits per heavy atom. The van der Waals surface area contributed by atoms with Crippen molar-refractivity contribution in [3.63, 3.8) is 0 Å². The largest absolute Gasteiger partial charge is 0.411 e. The molecule has 0 radical (unpaired) electrons. The van der Waals surface area contributed by atoms with E-state index in [9.17, 15) is 0 Å². The average Bonchev–Trinajstić information content (AvgIpc) is 1.87. The highest BCUT2D eigenvalue weighted by Gasteiger charge is 1.95. The molecule has 0 amide bonds. The maximum atomic E-state index is 8.29. The van der Waals surface area contributed by atoms with Crippen LogP contribution >= 0.6 is 0 Å². The van der Waals surface area contributed by atoms with Gasteiger partial charge >= 0.3 is 0 Å². The molecule has 0 fully saturated rings. The van der Waals surface area contributed by atoms with Gasteiger partial charge in [0.2, 0.25) is 0 Å². The topological polar surface area (TPSA) is 32.6 Å². The van der Waals surface area contributed by atoms with Gasteiger partial charge in [0.05, 0.1) is 5.71 Å². The molecule has 0 aromatic rings. The Labute approximate surface area is 62.9 Å². The molecule has 0 bridgehead atoms. The number of hydrogen-bond acceptors (Lipinski definition) is 2. The third-order valence-electron chi connectivity index (χ3n) is 1.49. The molecule has 0 heterocycles. The highest BCUT2D eigenvalue weighted by atomic mass is 16.4. The molecule has 1 N–H and O–H groups in total. The van der Waals surface area contributed by atoms with Crippen molar-refractivity contribution < 1.29 is 5.21 Å². The lowest BCUT2D eigenvalue weighted by molar-refractivity contribution is 0.317. The fraction of sp³-hybridized carbons (Fsp3) is 0.875. The SMILES string of the molecule is CC(CCCC(C)C)=NO. The van der Waals surface area contributed by atoms with Crippen LogP contribution in [0.2, 0.25) is 0 Å². The molecule has 0 saturated heterocycles. The van der Waals surface area contributed by atoms with Crippen LogP contribution in [0.3, 0.4) is 0 Å². The van der Waals surface area contributed by atoms with E-state index in [0.717, 1.165) is 24.5 Å². The molecule has 0 aliphatic heterocycles. The Morgan fingerprint density at radius 2 is 2.10 bits per heavy atom. The minimum absolute atomic E-state index is 0.756. The van der Waals surface area contributed by atoms with Gasteiger partial charge in [-0.05, 0) is 25.7 Å². The number of hydrogen-bond donors (Lipinski definition) is 1. The monoisotopic (exact) mass is 143 g/mol. The summed E-state index contributed by atoms with van der Waals surface area (Å²) in [6.45, 7) is 6.25. The molecule has 0 aromatic carbocycles. The van der Waals surface area contributed by atoms with Crippen molar-refractivity contribution in [2.75, 3.05) is 0 Å². The quantitative estimate of drug-likeness (QED) is 0.366. The Morgan fingerprint density at radius 1 is 1.50 bits per heavy atom. The fourth-order valence-electron chi connectivity index (χ4n) is 0.816. The van der Waals surface area contributed by atoms with Crippen LogP contribution in [0.4, 0.5) is 0 Å². The molecule has 10 heavy (non-hydrogen) atoms. The normalized spacial score (nSPS) is 12.6. The third kappa shape index (κ3) is 5.60. The van der Waals surface area contributed by atoms with Crippen LogP contribution in [0.1, 0.15) is 40.0 Å². The molecule has 0 unspecified atom stereocenters. The standard InChI is InChI=1S/C8H17NO/c1-7(2)5-4-6-8(3)9-10/h7,10H,4-6H2,1-3H3. The first-order valence-corrected chi connectivity index (χ1v) is 3.84. The van der Waals surface area contributed by atoms with E-state index < -0.39 is 0 Å². The predicted octanol–water partition coefficient (Wildman–Crippen LogP) is 2.66.